The number of nitrogens with zero attached hydrogens (tertiary/aromatic N) is 2. The molecule has 0 saturated carbocycles. The molecule has 0 aromatic heterocycles. The molecule has 1 saturated heterocycles. The Morgan fingerprint density at radius 1 is 1.11 bits per heavy atom. The molecule has 0 spiro atoms. The third-order valence-corrected chi connectivity index (χ3v) is 4.84. The van der Waals surface area contributed by atoms with Crippen molar-refractivity contribution in [3.05, 3.63) is 71.0 Å². The topological polar surface area (TPSA) is 73.2 Å². The van der Waals surface area contributed by atoms with E-state index in [1.807, 2.05) is 13.0 Å². The van der Waals surface area contributed by atoms with Crippen LogP contribution in [0.15, 0.2) is 48.5 Å². The van der Waals surface area contributed by atoms with Gasteiger partial charge in [-0.2, -0.15) is 5.26 Å². The molecule has 138 valence electrons. The van der Waals surface area contributed by atoms with Crippen molar-refractivity contribution in [2.24, 2.45) is 0 Å². The predicted octanol–water partition coefficient (Wildman–Crippen LogP) is 3.83. The van der Waals surface area contributed by atoms with Crippen LogP contribution in [0.3, 0.4) is 0 Å². The number of imide groups is 1. The lowest BCUT2D eigenvalue weighted by molar-refractivity contribution is -0.132. The largest absolute Gasteiger partial charge is 0.325 e. The molecule has 2 aromatic rings. The first-order valence-corrected chi connectivity index (χ1v) is 8.89. The summed E-state index contributed by atoms with van der Waals surface area (Å²) in [5.74, 6) is -0.729. The van der Waals surface area contributed by atoms with Gasteiger partial charge in [0.25, 0.3) is 5.91 Å². The highest BCUT2D eigenvalue weighted by Gasteiger charge is 2.51. The van der Waals surface area contributed by atoms with Crippen molar-refractivity contribution in [1.82, 2.24) is 10.2 Å². The lowest BCUT2D eigenvalue weighted by Gasteiger charge is -2.27. The van der Waals surface area contributed by atoms with Crippen molar-refractivity contribution in [2.45, 2.75) is 38.3 Å². The maximum absolute atomic E-state index is 13.3. The minimum atomic E-state index is -1.17. The Hall–Kier alpha value is -3.20. The SMILES string of the molecule is CCCC[C@]1(c2ccc(F)cc2)NC(=O)N(Cc2ccc(C#N)cc2)C1=O. The number of hydrogen-bond donors (Lipinski definition) is 1. The summed E-state index contributed by atoms with van der Waals surface area (Å²) < 4.78 is 13.3. The van der Waals surface area contributed by atoms with E-state index in [0.717, 1.165) is 18.4 Å². The summed E-state index contributed by atoms with van der Waals surface area (Å²) in [5, 5.41) is 11.7. The number of rotatable bonds is 6. The second kappa shape index (κ2) is 7.58. The number of urea groups is 1. The van der Waals surface area contributed by atoms with Crippen molar-refractivity contribution < 1.29 is 14.0 Å². The van der Waals surface area contributed by atoms with Gasteiger partial charge < -0.3 is 5.32 Å². The fourth-order valence-corrected chi connectivity index (χ4v) is 3.32. The number of unbranched alkanes of at least 4 members (excludes halogenated alkanes) is 1. The molecule has 0 unspecified atom stereocenters. The number of benzene rings is 2. The van der Waals surface area contributed by atoms with Crippen molar-refractivity contribution in [3.8, 4) is 6.07 Å². The molecule has 2 aromatic carbocycles. The minimum Gasteiger partial charge on any atom is -0.319 e. The fourth-order valence-electron chi connectivity index (χ4n) is 3.32. The highest BCUT2D eigenvalue weighted by molar-refractivity contribution is 6.07. The van der Waals surface area contributed by atoms with E-state index in [1.165, 1.54) is 17.0 Å². The average molecular weight is 365 g/mol. The molecule has 1 aliphatic heterocycles. The first kappa shape index (κ1) is 18.6. The monoisotopic (exact) mass is 365 g/mol. The Morgan fingerprint density at radius 3 is 2.37 bits per heavy atom. The van der Waals surface area contributed by atoms with Crippen LogP contribution in [0.1, 0.15) is 42.9 Å². The molecular formula is C21H20FN3O2. The number of carbonyl (C=O) groups is 2. The molecule has 1 N–H and O–H groups in total. The highest BCUT2D eigenvalue weighted by atomic mass is 19.1. The van der Waals surface area contributed by atoms with Gasteiger partial charge in [-0.05, 0) is 41.8 Å². The summed E-state index contributed by atoms with van der Waals surface area (Å²) in [4.78, 5) is 27.0. The Balaban J connectivity index is 1.91. The van der Waals surface area contributed by atoms with Gasteiger partial charge in [-0.25, -0.2) is 9.18 Å². The lowest BCUT2D eigenvalue weighted by atomic mass is 9.84. The van der Waals surface area contributed by atoms with Gasteiger partial charge in [-0.15, -0.1) is 0 Å². The minimum absolute atomic E-state index is 0.117. The third-order valence-electron chi connectivity index (χ3n) is 4.84. The van der Waals surface area contributed by atoms with Crippen molar-refractivity contribution in [3.63, 3.8) is 0 Å². The highest BCUT2D eigenvalue weighted by Crippen LogP contribution is 2.35. The van der Waals surface area contributed by atoms with Crippen molar-refractivity contribution >= 4 is 11.9 Å². The van der Waals surface area contributed by atoms with Crippen LogP contribution in [0.5, 0.6) is 0 Å². The van der Waals surface area contributed by atoms with Crippen LogP contribution < -0.4 is 5.32 Å². The van der Waals surface area contributed by atoms with Gasteiger partial charge in [0.2, 0.25) is 0 Å². The molecule has 27 heavy (non-hydrogen) atoms. The summed E-state index contributed by atoms with van der Waals surface area (Å²) in [6.45, 7) is 2.12. The van der Waals surface area contributed by atoms with Gasteiger partial charge in [0, 0.05) is 0 Å². The summed E-state index contributed by atoms with van der Waals surface area (Å²) in [7, 11) is 0. The molecule has 6 heteroatoms. The Bertz CT molecular complexity index is 887. The van der Waals surface area contributed by atoms with Crippen LogP contribution in [0.4, 0.5) is 9.18 Å². The first-order valence-electron chi connectivity index (χ1n) is 8.89. The number of nitrogens with one attached hydrogen (secondary N) is 1. The molecule has 0 bridgehead atoms. The molecule has 0 aliphatic carbocycles. The van der Waals surface area contributed by atoms with Crippen LogP contribution in [0.25, 0.3) is 0 Å². The number of hydrogen-bond acceptors (Lipinski definition) is 3. The lowest BCUT2D eigenvalue weighted by Crippen LogP contribution is -2.44. The van der Waals surface area contributed by atoms with Crippen molar-refractivity contribution in [1.29, 1.82) is 5.26 Å². The Labute approximate surface area is 157 Å². The van der Waals surface area contributed by atoms with E-state index in [9.17, 15) is 14.0 Å². The first-order chi connectivity index (χ1) is 13.0. The zero-order valence-electron chi connectivity index (χ0n) is 15.0. The molecule has 0 radical (unpaired) electrons. The van der Waals surface area contributed by atoms with Crippen LogP contribution >= 0.6 is 0 Å². The van der Waals surface area contributed by atoms with Crippen LogP contribution in [0, 0.1) is 17.1 Å². The zero-order chi connectivity index (χ0) is 19.4. The summed E-state index contributed by atoms with van der Waals surface area (Å²) in [6, 6.07) is 14.0. The van der Waals surface area contributed by atoms with Gasteiger partial charge in [-0.3, -0.25) is 9.69 Å². The van der Waals surface area contributed by atoms with E-state index in [4.69, 9.17) is 5.26 Å². The molecular weight excluding hydrogens is 345 g/mol. The van der Waals surface area contributed by atoms with Gasteiger partial charge >= 0.3 is 6.03 Å². The Morgan fingerprint density at radius 2 is 1.78 bits per heavy atom. The van der Waals surface area contributed by atoms with Crippen LogP contribution in [-0.4, -0.2) is 16.8 Å². The summed E-state index contributed by atoms with van der Waals surface area (Å²) in [6.07, 6.45) is 2.05. The van der Waals surface area contributed by atoms with Crippen LogP contribution in [-0.2, 0) is 16.9 Å². The number of amides is 3. The van der Waals surface area contributed by atoms with Crippen LogP contribution in [0.2, 0.25) is 0 Å². The zero-order valence-corrected chi connectivity index (χ0v) is 15.0. The third kappa shape index (κ3) is 3.54. The number of halogens is 1. The smallest absolute Gasteiger partial charge is 0.319 e. The molecule has 1 atom stereocenters. The quantitative estimate of drug-likeness (QED) is 0.791. The second-order valence-electron chi connectivity index (χ2n) is 6.65. The number of carbonyl (C=O) groups excluding carboxylic acids is 2. The van der Waals surface area contributed by atoms with E-state index >= 15 is 0 Å². The molecule has 1 heterocycles. The molecule has 3 amide bonds. The fraction of sp³-hybridized carbons (Fsp3) is 0.286. The normalized spacial score (nSPS) is 19.1. The van der Waals surface area contributed by atoms with E-state index in [-0.39, 0.29) is 12.5 Å². The summed E-state index contributed by atoms with van der Waals surface area (Å²) in [5.41, 5.74) is 0.674. The van der Waals surface area contributed by atoms with E-state index in [2.05, 4.69) is 5.32 Å². The van der Waals surface area contributed by atoms with E-state index in [0.29, 0.717) is 17.5 Å². The van der Waals surface area contributed by atoms with Gasteiger partial charge in [0.05, 0.1) is 18.2 Å². The average Bonchev–Trinajstić information content (AvgIpc) is 2.92. The predicted molar refractivity (Wildman–Crippen MR) is 97.8 cm³/mol. The molecule has 5 nitrogen and oxygen atoms in total. The van der Waals surface area contributed by atoms with Gasteiger partial charge in [-0.1, -0.05) is 44.0 Å². The second-order valence-corrected chi connectivity index (χ2v) is 6.65. The molecule has 3 rings (SSSR count). The Kier molecular flexibility index (Phi) is 5.22. The summed E-state index contributed by atoms with van der Waals surface area (Å²) >= 11 is 0. The number of nitriles is 1. The van der Waals surface area contributed by atoms with E-state index < -0.39 is 17.4 Å². The maximum Gasteiger partial charge on any atom is 0.325 e. The van der Waals surface area contributed by atoms with E-state index in [1.54, 1.807) is 36.4 Å². The standard InChI is InChI=1S/C21H20FN3O2/c1-2-3-12-21(17-8-10-18(22)11-9-17)19(26)25(20(27)24-21)14-16-6-4-15(13-23)5-7-16/h4-11H,2-3,12,14H2,1H3,(H,24,27)/t21-/m1/s1. The van der Waals surface area contributed by atoms with Gasteiger partial charge in [0.1, 0.15) is 11.4 Å². The molecule has 1 fully saturated rings. The maximum atomic E-state index is 13.3. The molecule has 1 aliphatic rings. The van der Waals surface area contributed by atoms with Gasteiger partial charge in [0.15, 0.2) is 0 Å². The van der Waals surface area contributed by atoms with Crippen molar-refractivity contribution in [2.75, 3.05) is 0 Å².